The molecule has 1 aromatic rings. The van der Waals surface area contributed by atoms with Crippen LogP contribution in [0.1, 0.15) is 45.2 Å². The number of amides is 1. The largest absolute Gasteiger partial charge is 0.376 e. The molecule has 0 radical (unpaired) electrons. The zero-order valence-electron chi connectivity index (χ0n) is 15.0. The number of carbonyl (C=O) groups is 1. The molecule has 5 heteroatoms. The van der Waals surface area contributed by atoms with E-state index >= 15 is 0 Å². The molecular weight excluding hydrogens is 324 g/mol. The molecule has 1 aliphatic rings. The first kappa shape index (κ1) is 20.9. The second-order valence-electron chi connectivity index (χ2n) is 6.97. The highest BCUT2D eigenvalue weighted by Crippen LogP contribution is 2.23. The molecule has 0 aliphatic carbocycles. The van der Waals surface area contributed by atoms with Crippen molar-refractivity contribution in [3.8, 4) is 0 Å². The van der Waals surface area contributed by atoms with Crippen LogP contribution in [0.25, 0.3) is 0 Å². The number of rotatable bonds is 7. The number of nitrogens with zero attached hydrogens (tertiary/aromatic N) is 1. The van der Waals surface area contributed by atoms with Gasteiger partial charge in [0.15, 0.2) is 0 Å². The Kier molecular flexibility index (Phi) is 8.74. The molecule has 0 saturated carbocycles. The van der Waals surface area contributed by atoms with Gasteiger partial charge in [-0.2, -0.15) is 0 Å². The summed E-state index contributed by atoms with van der Waals surface area (Å²) in [5, 5.41) is 0. The number of ether oxygens (including phenoxy) is 1. The molecule has 0 spiro atoms. The van der Waals surface area contributed by atoms with Crippen LogP contribution in [0.2, 0.25) is 0 Å². The Labute approximate surface area is 152 Å². The van der Waals surface area contributed by atoms with Crippen molar-refractivity contribution in [3.63, 3.8) is 0 Å². The average molecular weight is 355 g/mol. The second-order valence-corrected chi connectivity index (χ2v) is 6.97. The van der Waals surface area contributed by atoms with Gasteiger partial charge in [-0.3, -0.25) is 4.79 Å². The molecule has 3 unspecified atom stereocenters. The maximum absolute atomic E-state index is 12.7. The number of hydrogen-bond donors (Lipinski definition) is 1. The quantitative estimate of drug-likeness (QED) is 0.816. The first-order valence-corrected chi connectivity index (χ1v) is 8.70. The molecule has 1 aliphatic heterocycles. The lowest BCUT2D eigenvalue weighted by Gasteiger charge is -2.25. The van der Waals surface area contributed by atoms with Gasteiger partial charge in [-0.15, -0.1) is 12.4 Å². The number of benzene rings is 1. The van der Waals surface area contributed by atoms with Gasteiger partial charge in [-0.05, 0) is 24.3 Å². The minimum atomic E-state index is -0.260. The van der Waals surface area contributed by atoms with Gasteiger partial charge < -0.3 is 15.4 Å². The lowest BCUT2D eigenvalue weighted by molar-refractivity contribution is -0.135. The summed E-state index contributed by atoms with van der Waals surface area (Å²) >= 11 is 0. The summed E-state index contributed by atoms with van der Waals surface area (Å²) in [5.74, 6) is 0.571. The second kappa shape index (κ2) is 10.0. The lowest BCUT2D eigenvalue weighted by atomic mass is 9.94. The highest BCUT2D eigenvalue weighted by atomic mass is 35.5. The lowest BCUT2D eigenvalue weighted by Crippen LogP contribution is -2.38. The van der Waals surface area contributed by atoms with E-state index in [1.54, 1.807) is 0 Å². The zero-order valence-corrected chi connectivity index (χ0v) is 15.8. The number of hydrogen-bond acceptors (Lipinski definition) is 3. The van der Waals surface area contributed by atoms with Crippen LogP contribution in [-0.4, -0.2) is 36.6 Å². The third kappa shape index (κ3) is 5.76. The molecule has 136 valence electrons. The third-order valence-corrected chi connectivity index (χ3v) is 4.62. The minimum absolute atomic E-state index is 0. The van der Waals surface area contributed by atoms with Gasteiger partial charge in [-0.25, -0.2) is 0 Å². The molecule has 0 aromatic heterocycles. The molecule has 1 saturated heterocycles. The van der Waals surface area contributed by atoms with Crippen LogP contribution in [0.4, 0.5) is 0 Å². The van der Waals surface area contributed by atoms with E-state index in [1.807, 2.05) is 42.2 Å². The van der Waals surface area contributed by atoms with Gasteiger partial charge in [0.1, 0.15) is 0 Å². The summed E-state index contributed by atoms with van der Waals surface area (Å²) in [5.41, 5.74) is 7.29. The highest BCUT2D eigenvalue weighted by molar-refractivity contribution is 5.85. The molecule has 3 atom stereocenters. The van der Waals surface area contributed by atoms with Crippen LogP contribution in [0.5, 0.6) is 0 Å². The summed E-state index contributed by atoms with van der Waals surface area (Å²) in [6, 6.07) is 9.58. The van der Waals surface area contributed by atoms with Crippen molar-refractivity contribution < 1.29 is 9.53 Å². The van der Waals surface area contributed by atoms with Crippen LogP contribution in [0.15, 0.2) is 30.3 Å². The minimum Gasteiger partial charge on any atom is -0.376 e. The molecule has 2 N–H and O–H groups in total. The van der Waals surface area contributed by atoms with E-state index in [4.69, 9.17) is 10.5 Å². The zero-order chi connectivity index (χ0) is 16.8. The van der Waals surface area contributed by atoms with Crippen molar-refractivity contribution in [1.82, 2.24) is 4.90 Å². The maximum atomic E-state index is 12.7. The molecule has 1 aromatic carbocycles. The normalized spacial score (nSPS) is 19.9. The molecule has 1 heterocycles. The molecule has 1 fully saturated rings. The first-order chi connectivity index (χ1) is 11.0. The smallest absolute Gasteiger partial charge is 0.227 e. The van der Waals surface area contributed by atoms with Crippen molar-refractivity contribution in [2.45, 2.75) is 45.8 Å². The van der Waals surface area contributed by atoms with Crippen LogP contribution < -0.4 is 5.73 Å². The van der Waals surface area contributed by atoms with Gasteiger partial charge >= 0.3 is 0 Å². The Morgan fingerprint density at radius 3 is 2.58 bits per heavy atom. The molecule has 2 rings (SSSR count). The van der Waals surface area contributed by atoms with Gasteiger partial charge in [-0.1, -0.05) is 51.1 Å². The van der Waals surface area contributed by atoms with E-state index in [1.165, 1.54) is 0 Å². The van der Waals surface area contributed by atoms with Crippen LogP contribution in [0.3, 0.4) is 0 Å². The van der Waals surface area contributed by atoms with Crippen LogP contribution >= 0.6 is 12.4 Å². The number of likely N-dealkylation sites (tertiary alicyclic amines) is 1. The molecule has 24 heavy (non-hydrogen) atoms. The van der Waals surface area contributed by atoms with E-state index < -0.39 is 0 Å². The summed E-state index contributed by atoms with van der Waals surface area (Å²) in [7, 11) is 0. The monoisotopic (exact) mass is 354 g/mol. The Balaban J connectivity index is 0.00000288. The van der Waals surface area contributed by atoms with Crippen molar-refractivity contribution in [2.75, 3.05) is 19.7 Å². The van der Waals surface area contributed by atoms with Gasteiger partial charge in [0.25, 0.3) is 0 Å². The number of nitrogens with two attached hydrogens (primary N) is 1. The van der Waals surface area contributed by atoms with E-state index in [2.05, 4.69) is 13.8 Å². The highest BCUT2D eigenvalue weighted by Gasteiger charge is 2.32. The molecule has 4 nitrogen and oxygen atoms in total. The topological polar surface area (TPSA) is 55.6 Å². The predicted molar refractivity (Wildman–Crippen MR) is 100 cm³/mol. The fourth-order valence-electron chi connectivity index (χ4n) is 2.94. The van der Waals surface area contributed by atoms with Crippen LogP contribution in [-0.2, 0) is 9.53 Å². The Morgan fingerprint density at radius 1 is 1.29 bits per heavy atom. The van der Waals surface area contributed by atoms with Gasteiger partial charge in [0.2, 0.25) is 5.91 Å². The summed E-state index contributed by atoms with van der Waals surface area (Å²) in [6.45, 7) is 8.57. The van der Waals surface area contributed by atoms with Crippen molar-refractivity contribution in [1.29, 1.82) is 0 Å². The third-order valence-electron chi connectivity index (χ3n) is 4.62. The Morgan fingerprint density at radius 2 is 1.96 bits per heavy atom. The Hall–Kier alpha value is -1.10. The van der Waals surface area contributed by atoms with E-state index in [9.17, 15) is 4.79 Å². The van der Waals surface area contributed by atoms with Gasteiger partial charge in [0.05, 0.1) is 12.0 Å². The fraction of sp³-hybridized carbons (Fsp3) is 0.632. The number of carbonyl (C=O) groups excluding carboxylic acids is 1. The van der Waals surface area contributed by atoms with Crippen LogP contribution in [0, 0.1) is 11.8 Å². The van der Waals surface area contributed by atoms with Crippen molar-refractivity contribution in [3.05, 3.63) is 35.9 Å². The maximum Gasteiger partial charge on any atom is 0.227 e. The van der Waals surface area contributed by atoms with Crippen molar-refractivity contribution >= 4 is 18.3 Å². The first-order valence-electron chi connectivity index (χ1n) is 8.70. The van der Waals surface area contributed by atoms with E-state index in [0.29, 0.717) is 12.5 Å². The summed E-state index contributed by atoms with van der Waals surface area (Å²) < 4.78 is 5.89. The number of halogens is 1. The van der Waals surface area contributed by atoms with E-state index in [0.717, 1.165) is 31.6 Å². The standard InChI is InChI=1S/C19H30N2O2.ClH/c1-14(2)10-12-23-17-9-11-21(13-17)19(22)15(3)18(20)16-7-5-4-6-8-16;/h4-8,14-15,17-18H,9-13,20H2,1-3H3;1H. The summed E-state index contributed by atoms with van der Waals surface area (Å²) in [6.07, 6.45) is 2.18. The molecular formula is C19H31ClN2O2. The van der Waals surface area contributed by atoms with Gasteiger partial charge in [0, 0.05) is 25.7 Å². The SMILES string of the molecule is CC(C)CCOC1CCN(C(=O)C(C)C(N)c2ccccc2)C1.Cl. The van der Waals surface area contributed by atoms with E-state index in [-0.39, 0.29) is 36.4 Å². The average Bonchev–Trinajstić information content (AvgIpc) is 3.02. The Bertz CT molecular complexity index is 495. The molecule has 0 bridgehead atoms. The predicted octanol–water partition coefficient (Wildman–Crippen LogP) is 3.41. The fourth-order valence-corrected chi connectivity index (χ4v) is 2.94. The summed E-state index contributed by atoms with van der Waals surface area (Å²) in [4.78, 5) is 14.6. The van der Waals surface area contributed by atoms with Crippen molar-refractivity contribution in [2.24, 2.45) is 17.6 Å². The molecule has 1 amide bonds.